The molecule has 0 saturated heterocycles. The summed E-state index contributed by atoms with van der Waals surface area (Å²) in [5.74, 6) is -0.263. The monoisotopic (exact) mass is 392 g/mol. The number of alkyl halides is 3. The van der Waals surface area contributed by atoms with Gasteiger partial charge in [0.15, 0.2) is 0 Å². The summed E-state index contributed by atoms with van der Waals surface area (Å²) in [6.07, 6.45) is -3.92. The number of tetrazole rings is 1. The van der Waals surface area contributed by atoms with Crippen LogP contribution >= 0.6 is 0 Å². The van der Waals surface area contributed by atoms with Crippen molar-refractivity contribution in [1.82, 2.24) is 19.8 Å². The molecule has 0 fully saturated rings. The maximum atomic E-state index is 13.4. The van der Waals surface area contributed by atoms with Crippen LogP contribution in [0.15, 0.2) is 41.2 Å². The summed E-state index contributed by atoms with van der Waals surface area (Å²) in [4.78, 5) is 12.2. The van der Waals surface area contributed by atoms with E-state index < -0.39 is 17.4 Å². The van der Waals surface area contributed by atoms with Crippen molar-refractivity contribution < 1.29 is 17.9 Å². The van der Waals surface area contributed by atoms with Crippen molar-refractivity contribution in [3.63, 3.8) is 0 Å². The Morgan fingerprint density at radius 2 is 1.89 bits per heavy atom. The summed E-state index contributed by atoms with van der Waals surface area (Å²) in [6, 6.07) is 9.17. The largest absolute Gasteiger partial charge is 0.488 e. The number of nitrogens with zero attached hydrogens (tertiary/aromatic N) is 4. The first-order valence-corrected chi connectivity index (χ1v) is 8.63. The van der Waals surface area contributed by atoms with E-state index in [0.717, 1.165) is 21.0 Å². The van der Waals surface area contributed by atoms with E-state index in [1.807, 2.05) is 13.0 Å². The number of rotatable bonds is 5. The van der Waals surface area contributed by atoms with Gasteiger partial charge in [-0.05, 0) is 47.5 Å². The lowest BCUT2D eigenvalue weighted by atomic mass is 10.0. The van der Waals surface area contributed by atoms with E-state index in [1.54, 1.807) is 25.1 Å². The highest BCUT2D eigenvalue weighted by Gasteiger charge is 2.34. The lowest BCUT2D eigenvalue weighted by Gasteiger charge is -2.17. The molecule has 28 heavy (non-hydrogen) atoms. The molecule has 0 atom stereocenters. The van der Waals surface area contributed by atoms with E-state index in [4.69, 9.17) is 4.74 Å². The Kier molecular flexibility index (Phi) is 5.26. The molecular weight excluding hydrogens is 373 g/mol. The van der Waals surface area contributed by atoms with Crippen molar-refractivity contribution in [2.75, 3.05) is 0 Å². The lowest BCUT2D eigenvalue weighted by molar-refractivity contribution is -0.139. The molecule has 148 valence electrons. The number of ether oxygens (including phenoxy) is 1. The smallest absolute Gasteiger partial charge is 0.419 e. The van der Waals surface area contributed by atoms with Gasteiger partial charge >= 0.3 is 11.9 Å². The topological polar surface area (TPSA) is 61.9 Å². The Morgan fingerprint density at radius 3 is 2.50 bits per heavy atom. The van der Waals surface area contributed by atoms with Crippen LogP contribution in [-0.2, 0) is 26.3 Å². The van der Waals surface area contributed by atoms with Crippen molar-refractivity contribution in [2.24, 2.45) is 7.05 Å². The molecule has 0 radical (unpaired) electrons. The Labute approximate surface area is 159 Å². The molecule has 0 spiro atoms. The Morgan fingerprint density at radius 1 is 1.14 bits per heavy atom. The van der Waals surface area contributed by atoms with Crippen LogP contribution in [0.3, 0.4) is 0 Å². The molecule has 6 nitrogen and oxygen atoms in total. The van der Waals surface area contributed by atoms with Crippen molar-refractivity contribution in [2.45, 2.75) is 33.1 Å². The molecule has 0 unspecified atom stereocenters. The second-order valence-corrected chi connectivity index (χ2v) is 6.35. The molecule has 1 heterocycles. The van der Waals surface area contributed by atoms with Crippen LogP contribution in [0.2, 0.25) is 0 Å². The van der Waals surface area contributed by atoms with E-state index in [9.17, 15) is 18.0 Å². The van der Waals surface area contributed by atoms with Crippen LogP contribution in [-0.4, -0.2) is 19.8 Å². The van der Waals surface area contributed by atoms with Gasteiger partial charge in [-0.1, -0.05) is 30.7 Å². The van der Waals surface area contributed by atoms with Crippen LogP contribution in [0.4, 0.5) is 13.2 Å². The summed E-state index contributed by atoms with van der Waals surface area (Å²) >= 11 is 0. The first kappa shape index (κ1) is 19.7. The third-order valence-corrected chi connectivity index (χ3v) is 4.39. The Bertz CT molecular complexity index is 1050. The second-order valence-electron chi connectivity index (χ2n) is 6.35. The third kappa shape index (κ3) is 3.78. The molecule has 0 N–H and O–H groups in total. The summed E-state index contributed by atoms with van der Waals surface area (Å²) < 4.78 is 47.8. The van der Waals surface area contributed by atoms with Crippen molar-refractivity contribution in [3.8, 4) is 11.4 Å². The van der Waals surface area contributed by atoms with Gasteiger partial charge in [0, 0.05) is 12.6 Å². The zero-order valence-electron chi connectivity index (χ0n) is 15.6. The molecule has 3 rings (SSSR count). The maximum Gasteiger partial charge on any atom is 0.419 e. The predicted octanol–water partition coefficient (Wildman–Crippen LogP) is 3.43. The number of benzene rings is 2. The number of aryl methyl sites for hydroxylation is 3. The van der Waals surface area contributed by atoms with Crippen molar-refractivity contribution in [1.29, 1.82) is 0 Å². The lowest BCUT2D eigenvalue weighted by Crippen LogP contribution is -2.23. The number of hydrogen-bond donors (Lipinski definition) is 0. The Balaban J connectivity index is 2.02. The van der Waals surface area contributed by atoms with Crippen molar-refractivity contribution >= 4 is 0 Å². The maximum absolute atomic E-state index is 13.4. The fraction of sp³-hybridized carbons (Fsp3) is 0.316. The van der Waals surface area contributed by atoms with Gasteiger partial charge in [-0.3, -0.25) is 0 Å². The number of hydrogen-bond acceptors (Lipinski definition) is 4. The van der Waals surface area contributed by atoms with E-state index in [-0.39, 0.29) is 12.4 Å². The second kappa shape index (κ2) is 7.49. The minimum atomic E-state index is -4.53. The quantitative estimate of drug-likeness (QED) is 0.667. The summed E-state index contributed by atoms with van der Waals surface area (Å²) in [6.45, 7) is 3.35. The molecule has 3 aromatic rings. The molecule has 0 bridgehead atoms. The molecule has 0 amide bonds. The summed E-state index contributed by atoms with van der Waals surface area (Å²) in [5, 5.41) is 7.52. The number of aromatic nitrogens is 4. The first-order chi connectivity index (χ1) is 13.2. The SMILES string of the molecule is CCc1cccc(-n2nnn(C)c2=O)c1COc1ccc(C)cc1C(F)(F)F. The highest BCUT2D eigenvalue weighted by molar-refractivity contribution is 5.46. The average Bonchev–Trinajstić information content (AvgIpc) is 2.98. The highest BCUT2D eigenvalue weighted by Crippen LogP contribution is 2.37. The van der Waals surface area contributed by atoms with Crippen molar-refractivity contribution in [3.05, 3.63) is 69.1 Å². The minimum Gasteiger partial charge on any atom is -0.488 e. The molecule has 0 saturated carbocycles. The Hall–Kier alpha value is -3.10. The molecule has 0 aliphatic heterocycles. The van der Waals surface area contributed by atoms with Crippen LogP contribution in [0.25, 0.3) is 5.69 Å². The number of halogens is 3. The van der Waals surface area contributed by atoms with E-state index >= 15 is 0 Å². The molecular formula is C19H19F3N4O2. The van der Waals surface area contributed by atoms with Gasteiger partial charge in [0.25, 0.3) is 0 Å². The molecule has 0 aliphatic rings. The molecule has 9 heteroatoms. The molecule has 0 aliphatic carbocycles. The average molecular weight is 392 g/mol. The van der Waals surface area contributed by atoms with Crippen LogP contribution in [0.1, 0.15) is 29.2 Å². The molecule has 1 aromatic heterocycles. The van der Waals surface area contributed by atoms with Crippen LogP contribution < -0.4 is 10.4 Å². The normalized spacial score (nSPS) is 11.6. The minimum absolute atomic E-state index is 0.144. The van der Waals surface area contributed by atoms with E-state index in [2.05, 4.69) is 10.4 Å². The molecule has 2 aromatic carbocycles. The van der Waals surface area contributed by atoms with Gasteiger partial charge in [0.1, 0.15) is 12.4 Å². The zero-order chi connectivity index (χ0) is 20.5. The van der Waals surface area contributed by atoms with Gasteiger partial charge < -0.3 is 4.74 Å². The highest BCUT2D eigenvalue weighted by atomic mass is 19.4. The fourth-order valence-electron chi connectivity index (χ4n) is 2.92. The van der Waals surface area contributed by atoms with Crippen LogP contribution in [0, 0.1) is 6.92 Å². The van der Waals surface area contributed by atoms with Gasteiger partial charge in [0.2, 0.25) is 0 Å². The van der Waals surface area contributed by atoms with Gasteiger partial charge in [-0.25, -0.2) is 4.79 Å². The predicted molar refractivity (Wildman–Crippen MR) is 96.5 cm³/mol. The summed E-state index contributed by atoms with van der Waals surface area (Å²) in [7, 11) is 1.47. The van der Waals surface area contributed by atoms with Gasteiger partial charge in [-0.15, -0.1) is 0 Å². The van der Waals surface area contributed by atoms with Gasteiger partial charge in [0.05, 0.1) is 11.3 Å². The van der Waals surface area contributed by atoms with Crippen LogP contribution in [0.5, 0.6) is 5.75 Å². The first-order valence-electron chi connectivity index (χ1n) is 8.63. The third-order valence-electron chi connectivity index (χ3n) is 4.39. The fourth-order valence-corrected chi connectivity index (χ4v) is 2.92. The van der Waals surface area contributed by atoms with Gasteiger partial charge in [-0.2, -0.15) is 22.5 Å². The zero-order valence-corrected chi connectivity index (χ0v) is 15.6. The standard InChI is InChI=1S/C19H19F3N4O2/c1-4-13-6-5-7-16(26-18(27)25(3)23-24-26)14(13)11-28-17-9-8-12(2)10-15(17)19(20,21)22/h5-10H,4,11H2,1-3H3. The van der Waals surface area contributed by atoms with E-state index in [1.165, 1.54) is 13.1 Å². The van der Waals surface area contributed by atoms with E-state index in [0.29, 0.717) is 23.2 Å². The summed E-state index contributed by atoms with van der Waals surface area (Å²) in [5.41, 5.74) is 1.05.